The lowest BCUT2D eigenvalue weighted by molar-refractivity contribution is 1.60. The van der Waals surface area contributed by atoms with Crippen LogP contribution in [-0.4, -0.2) is 0 Å². The molecule has 0 spiro atoms. The molecule has 1 radical (unpaired) electrons. The van der Waals surface area contributed by atoms with Crippen LogP contribution in [0.2, 0.25) is 0 Å². The Morgan fingerprint density at radius 1 is 0.545 bits per heavy atom. The van der Waals surface area contributed by atoms with Gasteiger partial charge in [0.1, 0.15) is 0 Å². The van der Waals surface area contributed by atoms with Gasteiger partial charge in [-0.2, -0.15) is 0 Å². The summed E-state index contributed by atoms with van der Waals surface area (Å²) in [6.07, 6.45) is 8.45. The molecule has 0 saturated carbocycles. The first-order valence-electron chi connectivity index (χ1n) is 7.38. The maximum atomic E-state index is 3.26. The molecule has 0 heteroatoms. The Morgan fingerprint density at radius 3 is 1.73 bits per heavy atom. The van der Waals surface area contributed by atoms with E-state index in [1.54, 1.807) is 0 Å². The van der Waals surface area contributed by atoms with E-state index >= 15 is 0 Å². The van der Waals surface area contributed by atoms with Crippen LogP contribution >= 0.6 is 0 Å². The van der Waals surface area contributed by atoms with Crippen molar-refractivity contribution in [3.63, 3.8) is 0 Å². The predicted molar refractivity (Wildman–Crippen MR) is 96.0 cm³/mol. The summed E-state index contributed by atoms with van der Waals surface area (Å²) in [6, 6.07) is 30.1. The van der Waals surface area contributed by atoms with Gasteiger partial charge in [-0.25, -0.2) is 0 Å². The highest BCUT2D eigenvalue weighted by Crippen LogP contribution is 2.12. The summed E-state index contributed by atoms with van der Waals surface area (Å²) in [4.78, 5) is 0. The summed E-state index contributed by atoms with van der Waals surface area (Å²) in [6.45, 7) is 0. The molecule has 0 N–H and O–H groups in total. The first-order valence-corrected chi connectivity index (χ1v) is 7.38. The normalized spacial score (nSPS) is 11.3. The zero-order valence-electron chi connectivity index (χ0n) is 12.3. The highest BCUT2D eigenvalue weighted by atomic mass is 14.0. The Hall–Kier alpha value is -2.86. The van der Waals surface area contributed by atoms with Gasteiger partial charge in [0.25, 0.3) is 0 Å². The van der Waals surface area contributed by atoms with E-state index in [1.807, 2.05) is 42.5 Å². The Kier molecular flexibility index (Phi) is 4.63. The molecule has 3 rings (SSSR count). The Bertz CT molecular complexity index is 701. The molecule has 3 aromatic carbocycles. The quantitative estimate of drug-likeness (QED) is 0.528. The summed E-state index contributed by atoms with van der Waals surface area (Å²) in [7, 11) is 0. The molecule has 0 atom stereocenters. The molecule has 3 aromatic rings. The van der Waals surface area contributed by atoms with Gasteiger partial charge < -0.3 is 0 Å². The zero-order chi connectivity index (χ0) is 15.0. The molecule has 105 valence electrons. The first-order chi connectivity index (χ1) is 10.9. The van der Waals surface area contributed by atoms with Crippen LogP contribution < -0.4 is 0 Å². The van der Waals surface area contributed by atoms with E-state index in [9.17, 15) is 0 Å². The smallest absolute Gasteiger partial charge is 0.0105 e. The van der Waals surface area contributed by atoms with Crippen molar-refractivity contribution >= 4 is 24.3 Å². The van der Waals surface area contributed by atoms with Crippen LogP contribution in [0.1, 0.15) is 22.3 Å². The molecule has 22 heavy (non-hydrogen) atoms. The molecular weight excluding hydrogens is 264 g/mol. The lowest BCUT2D eigenvalue weighted by Gasteiger charge is -1.98. The van der Waals surface area contributed by atoms with Gasteiger partial charge in [-0.05, 0) is 34.4 Å². The topological polar surface area (TPSA) is 0 Å². The van der Waals surface area contributed by atoms with Gasteiger partial charge in [-0.3, -0.25) is 0 Å². The second-order valence-electron chi connectivity index (χ2n) is 5.07. The van der Waals surface area contributed by atoms with Crippen LogP contribution in [0.4, 0.5) is 0 Å². The standard InChI is InChI=1S/C22H17/c1-3-8-19(9-4-1)14-16-21-12-7-13-22(18-21)17-15-20-10-5-2-6-11-20/h1-12,14-18H. The highest BCUT2D eigenvalue weighted by molar-refractivity contribution is 5.73. The fourth-order valence-corrected chi connectivity index (χ4v) is 2.21. The van der Waals surface area contributed by atoms with Gasteiger partial charge >= 0.3 is 0 Å². The monoisotopic (exact) mass is 281 g/mol. The molecule has 0 aliphatic carbocycles. The number of rotatable bonds is 4. The van der Waals surface area contributed by atoms with E-state index in [0.29, 0.717) is 0 Å². The molecule has 0 aliphatic rings. The van der Waals surface area contributed by atoms with Crippen LogP contribution in [0.25, 0.3) is 24.3 Å². The molecule has 0 unspecified atom stereocenters. The summed E-state index contributed by atoms with van der Waals surface area (Å²) < 4.78 is 0. The largest absolute Gasteiger partial charge is 0.0622 e. The summed E-state index contributed by atoms with van der Waals surface area (Å²) in [5.74, 6) is 0. The number of benzene rings is 3. The van der Waals surface area contributed by atoms with Gasteiger partial charge in [-0.1, -0.05) is 97.1 Å². The van der Waals surface area contributed by atoms with E-state index in [1.165, 1.54) is 16.7 Å². The summed E-state index contributed by atoms with van der Waals surface area (Å²) in [5, 5.41) is 0. The van der Waals surface area contributed by atoms with Crippen molar-refractivity contribution in [2.24, 2.45) is 0 Å². The SMILES string of the molecule is [c]1ccc(C=Cc2ccccc2)cc1C=Cc1ccccc1. The summed E-state index contributed by atoms with van der Waals surface area (Å²) in [5.41, 5.74) is 4.66. The third kappa shape index (κ3) is 4.07. The fraction of sp³-hybridized carbons (Fsp3) is 0. The first kappa shape index (κ1) is 14.1. The highest BCUT2D eigenvalue weighted by Gasteiger charge is 1.91. The Balaban J connectivity index is 1.75. The maximum absolute atomic E-state index is 3.26. The Labute approximate surface area is 132 Å². The van der Waals surface area contributed by atoms with Gasteiger partial charge in [0.05, 0.1) is 0 Å². The molecule has 0 aliphatic heterocycles. The van der Waals surface area contributed by atoms with Crippen LogP contribution in [0, 0.1) is 6.07 Å². The average Bonchev–Trinajstić information content (AvgIpc) is 2.60. The second kappa shape index (κ2) is 7.24. The molecular formula is C22H17. The van der Waals surface area contributed by atoms with Crippen LogP contribution in [0.5, 0.6) is 0 Å². The van der Waals surface area contributed by atoms with Crippen molar-refractivity contribution in [3.05, 3.63) is 107 Å². The van der Waals surface area contributed by atoms with Gasteiger partial charge in [0, 0.05) is 0 Å². The van der Waals surface area contributed by atoms with E-state index in [4.69, 9.17) is 0 Å². The van der Waals surface area contributed by atoms with Crippen LogP contribution in [0.3, 0.4) is 0 Å². The van der Waals surface area contributed by atoms with Crippen LogP contribution in [-0.2, 0) is 0 Å². The minimum Gasteiger partial charge on any atom is -0.0622 e. The van der Waals surface area contributed by atoms with Crippen molar-refractivity contribution in [3.8, 4) is 0 Å². The molecule has 0 amide bonds. The number of hydrogen-bond donors (Lipinski definition) is 0. The van der Waals surface area contributed by atoms with E-state index in [2.05, 4.69) is 66.8 Å². The van der Waals surface area contributed by atoms with Crippen molar-refractivity contribution in [1.29, 1.82) is 0 Å². The molecule has 0 heterocycles. The molecule has 0 fully saturated rings. The van der Waals surface area contributed by atoms with Gasteiger partial charge in [-0.15, -0.1) is 0 Å². The fourth-order valence-electron chi connectivity index (χ4n) is 2.21. The van der Waals surface area contributed by atoms with Gasteiger partial charge in [0.15, 0.2) is 0 Å². The predicted octanol–water partition coefficient (Wildman–Crippen LogP) is 5.83. The average molecular weight is 281 g/mol. The maximum Gasteiger partial charge on any atom is -0.0105 e. The van der Waals surface area contributed by atoms with Crippen molar-refractivity contribution < 1.29 is 0 Å². The molecule has 0 nitrogen and oxygen atoms in total. The molecule has 0 saturated heterocycles. The number of hydrogen-bond acceptors (Lipinski definition) is 0. The lowest BCUT2D eigenvalue weighted by atomic mass is 10.1. The minimum atomic E-state index is 1.08. The second-order valence-corrected chi connectivity index (χ2v) is 5.07. The van der Waals surface area contributed by atoms with Crippen molar-refractivity contribution in [1.82, 2.24) is 0 Å². The van der Waals surface area contributed by atoms with E-state index < -0.39 is 0 Å². The third-order valence-electron chi connectivity index (χ3n) is 3.37. The molecule has 0 bridgehead atoms. The third-order valence-corrected chi connectivity index (χ3v) is 3.37. The lowest BCUT2D eigenvalue weighted by Crippen LogP contribution is -1.77. The Morgan fingerprint density at radius 2 is 1.09 bits per heavy atom. The van der Waals surface area contributed by atoms with E-state index in [-0.39, 0.29) is 0 Å². The van der Waals surface area contributed by atoms with E-state index in [0.717, 1.165) is 5.56 Å². The molecule has 0 aromatic heterocycles. The summed E-state index contributed by atoms with van der Waals surface area (Å²) >= 11 is 0. The van der Waals surface area contributed by atoms with Crippen molar-refractivity contribution in [2.45, 2.75) is 0 Å². The van der Waals surface area contributed by atoms with Gasteiger partial charge in [0.2, 0.25) is 0 Å². The minimum absolute atomic E-state index is 1.08. The van der Waals surface area contributed by atoms with Crippen LogP contribution in [0.15, 0.2) is 78.9 Å². The zero-order valence-corrected chi connectivity index (χ0v) is 12.3. The van der Waals surface area contributed by atoms with Crippen molar-refractivity contribution in [2.75, 3.05) is 0 Å².